The van der Waals surface area contributed by atoms with E-state index in [4.69, 9.17) is 0 Å². The van der Waals surface area contributed by atoms with Crippen LogP contribution in [-0.4, -0.2) is 27.1 Å². The van der Waals surface area contributed by atoms with Gasteiger partial charge in [0.25, 0.3) is 5.91 Å². The molecule has 1 aromatic heterocycles. The molecule has 2 amide bonds. The predicted octanol–water partition coefficient (Wildman–Crippen LogP) is 3.21. The molecule has 1 N–H and O–H groups in total. The number of nitrogens with one attached hydrogen (secondary N) is 1. The molecular formula is C21H19N5O2. The molecule has 7 heteroatoms. The van der Waals surface area contributed by atoms with Crippen molar-refractivity contribution in [2.45, 2.75) is 12.8 Å². The molecule has 0 saturated carbocycles. The summed E-state index contributed by atoms with van der Waals surface area (Å²) in [4.78, 5) is 29.3. The normalized spacial score (nSPS) is 14.0. The summed E-state index contributed by atoms with van der Waals surface area (Å²) in [5.74, 6) is 0.372. The molecule has 28 heavy (non-hydrogen) atoms. The summed E-state index contributed by atoms with van der Waals surface area (Å²) in [6.45, 7) is 0. The zero-order valence-electron chi connectivity index (χ0n) is 15.4. The Kier molecular flexibility index (Phi) is 4.72. The van der Waals surface area contributed by atoms with Crippen molar-refractivity contribution in [1.29, 1.82) is 0 Å². The van der Waals surface area contributed by atoms with Crippen molar-refractivity contribution < 1.29 is 9.59 Å². The fourth-order valence-electron chi connectivity index (χ4n) is 3.07. The average Bonchev–Trinajstić information content (AvgIpc) is 3.15. The summed E-state index contributed by atoms with van der Waals surface area (Å²) in [6, 6.07) is 16.6. The maximum Gasteiger partial charge on any atom is 0.271 e. The lowest BCUT2D eigenvalue weighted by molar-refractivity contribution is -0.118. The van der Waals surface area contributed by atoms with E-state index in [1.807, 2.05) is 60.3 Å². The van der Waals surface area contributed by atoms with Crippen LogP contribution in [0.5, 0.6) is 0 Å². The molecule has 0 bridgehead atoms. The van der Waals surface area contributed by atoms with E-state index >= 15 is 0 Å². The largest absolute Gasteiger partial charge is 0.334 e. The number of hydrazone groups is 1. The second-order valence-electron chi connectivity index (χ2n) is 6.48. The number of anilines is 2. The Labute approximate surface area is 162 Å². The second-order valence-corrected chi connectivity index (χ2v) is 6.48. The van der Waals surface area contributed by atoms with Crippen LogP contribution >= 0.6 is 0 Å². The average molecular weight is 373 g/mol. The van der Waals surface area contributed by atoms with Gasteiger partial charge in [0.1, 0.15) is 11.5 Å². The van der Waals surface area contributed by atoms with Crippen LogP contribution in [0.2, 0.25) is 0 Å². The number of carbonyl (C=O) groups is 2. The van der Waals surface area contributed by atoms with Gasteiger partial charge in [0.05, 0.1) is 5.69 Å². The molecule has 2 heterocycles. The van der Waals surface area contributed by atoms with Crippen LogP contribution in [0.15, 0.2) is 72.1 Å². The first-order valence-corrected chi connectivity index (χ1v) is 8.96. The van der Waals surface area contributed by atoms with Gasteiger partial charge in [0.2, 0.25) is 5.91 Å². The number of carbonyl (C=O) groups excluding carboxylic acids is 2. The molecule has 0 atom stereocenters. The van der Waals surface area contributed by atoms with Gasteiger partial charge >= 0.3 is 0 Å². The molecule has 2 aromatic carbocycles. The fraction of sp³-hybridized carbons (Fsp3) is 0.143. The maximum atomic E-state index is 12.7. The molecule has 7 nitrogen and oxygen atoms in total. The minimum Gasteiger partial charge on any atom is -0.334 e. The summed E-state index contributed by atoms with van der Waals surface area (Å²) in [5, 5.41) is 8.46. The number of nitrogens with zero attached hydrogens (tertiary/aromatic N) is 4. The van der Waals surface area contributed by atoms with Crippen LogP contribution in [0.1, 0.15) is 12.8 Å². The molecule has 0 unspecified atom stereocenters. The number of hydrogen-bond donors (Lipinski definition) is 1. The summed E-state index contributed by atoms with van der Waals surface area (Å²) >= 11 is 0. The lowest BCUT2D eigenvalue weighted by atomic mass is 10.1. The third-order valence-electron chi connectivity index (χ3n) is 4.50. The Hall–Kier alpha value is -3.74. The van der Waals surface area contributed by atoms with Gasteiger partial charge in [-0.25, -0.2) is 9.99 Å². The van der Waals surface area contributed by atoms with E-state index in [9.17, 15) is 9.59 Å². The highest BCUT2D eigenvalue weighted by atomic mass is 16.2. The Morgan fingerprint density at radius 3 is 2.64 bits per heavy atom. The van der Waals surface area contributed by atoms with Crippen LogP contribution in [0.4, 0.5) is 11.4 Å². The van der Waals surface area contributed by atoms with Crippen molar-refractivity contribution in [3.8, 4) is 11.4 Å². The van der Waals surface area contributed by atoms with Gasteiger partial charge in [-0.1, -0.05) is 30.3 Å². The van der Waals surface area contributed by atoms with Crippen LogP contribution in [0, 0.1) is 0 Å². The van der Waals surface area contributed by atoms with E-state index in [2.05, 4.69) is 15.4 Å². The lowest BCUT2D eigenvalue weighted by Gasteiger charge is -2.23. The Balaban J connectivity index is 1.55. The first kappa shape index (κ1) is 17.7. The second kappa shape index (κ2) is 7.48. The molecule has 1 aliphatic rings. The zero-order valence-corrected chi connectivity index (χ0v) is 15.4. The Bertz CT molecular complexity index is 1060. The SMILES string of the molecule is Cn1ccnc1-c1cccc(NC(=O)C2=NN(c3ccccc3)C(=O)CC2)c1. The smallest absolute Gasteiger partial charge is 0.271 e. The summed E-state index contributed by atoms with van der Waals surface area (Å²) in [5.41, 5.74) is 2.52. The summed E-state index contributed by atoms with van der Waals surface area (Å²) in [6.07, 6.45) is 4.15. The lowest BCUT2D eigenvalue weighted by Crippen LogP contribution is -2.36. The van der Waals surface area contributed by atoms with E-state index in [1.165, 1.54) is 5.01 Å². The molecular weight excluding hydrogens is 354 g/mol. The van der Waals surface area contributed by atoms with Crippen LogP contribution in [-0.2, 0) is 16.6 Å². The molecule has 140 valence electrons. The monoisotopic (exact) mass is 373 g/mol. The summed E-state index contributed by atoms with van der Waals surface area (Å²) < 4.78 is 1.91. The van der Waals surface area contributed by atoms with Gasteiger partial charge in [-0.05, 0) is 24.3 Å². The molecule has 0 saturated heterocycles. The number of benzene rings is 2. The topological polar surface area (TPSA) is 79.6 Å². The van der Waals surface area contributed by atoms with Crippen LogP contribution in [0.25, 0.3) is 11.4 Å². The minimum atomic E-state index is -0.314. The van der Waals surface area contributed by atoms with Crippen molar-refractivity contribution in [3.63, 3.8) is 0 Å². The molecule has 0 aliphatic carbocycles. The number of para-hydroxylation sites is 1. The minimum absolute atomic E-state index is 0.125. The first-order chi connectivity index (χ1) is 13.6. The van der Waals surface area contributed by atoms with E-state index in [1.54, 1.807) is 18.3 Å². The third kappa shape index (κ3) is 3.55. The van der Waals surface area contributed by atoms with Gasteiger partial charge in [-0.15, -0.1) is 0 Å². The zero-order chi connectivity index (χ0) is 19.5. The summed E-state index contributed by atoms with van der Waals surface area (Å²) in [7, 11) is 1.92. The quantitative estimate of drug-likeness (QED) is 0.763. The van der Waals surface area contributed by atoms with Crippen LogP contribution in [0.3, 0.4) is 0 Å². The van der Waals surface area contributed by atoms with Gasteiger partial charge in [-0.3, -0.25) is 9.59 Å². The standard InChI is InChI=1S/C21H19N5O2/c1-25-13-12-22-20(25)15-6-5-7-16(14-15)23-21(28)18-10-11-19(27)26(24-18)17-8-3-2-4-9-17/h2-9,12-14H,10-11H2,1H3,(H,23,28). The van der Waals surface area contributed by atoms with Crippen molar-refractivity contribution in [3.05, 3.63) is 67.0 Å². The molecule has 3 aromatic rings. The highest BCUT2D eigenvalue weighted by Crippen LogP contribution is 2.22. The van der Waals surface area contributed by atoms with Gasteiger partial charge in [-0.2, -0.15) is 5.10 Å². The van der Waals surface area contributed by atoms with Gasteiger partial charge in [0, 0.05) is 43.5 Å². The highest BCUT2D eigenvalue weighted by Gasteiger charge is 2.25. The van der Waals surface area contributed by atoms with Crippen LogP contribution < -0.4 is 10.3 Å². The third-order valence-corrected chi connectivity index (χ3v) is 4.50. The number of hydrogen-bond acceptors (Lipinski definition) is 4. The number of aryl methyl sites for hydroxylation is 1. The number of amides is 2. The van der Waals surface area contributed by atoms with Gasteiger partial charge < -0.3 is 9.88 Å². The Morgan fingerprint density at radius 1 is 1.07 bits per heavy atom. The molecule has 0 fully saturated rings. The molecule has 0 spiro atoms. The number of imidazole rings is 1. The van der Waals surface area contributed by atoms with Crippen molar-refractivity contribution in [1.82, 2.24) is 9.55 Å². The first-order valence-electron chi connectivity index (χ1n) is 8.96. The van der Waals surface area contributed by atoms with E-state index in [0.29, 0.717) is 23.5 Å². The maximum absolute atomic E-state index is 12.7. The fourth-order valence-corrected chi connectivity index (χ4v) is 3.07. The van der Waals surface area contributed by atoms with E-state index in [0.717, 1.165) is 11.4 Å². The molecule has 1 aliphatic heterocycles. The highest BCUT2D eigenvalue weighted by molar-refractivity contribution is 6.44. The Morgan fingerprint density at radius 2 is 1.89 bits per heavy atom. The van der Waals surface area contributed by atoms with E-state index < -0.39 is 0 Å². The van der Waals surface area contributed by atoms with Crippen molar-refractivity contribution >= 4 is 28.9 Å². The molecule has 4 rings (SSSR count). The van der Waals surface area contributed by atoms with Crippen molar-refractivity contribution in [2.24, 2.45) is 12.1 Å². The van der Waals surface area contributed by atoms with Crippen molar-refractivity contribution in [2.75, 3.05) is 10.3 Å². The molecule has 0 radical (unpaired) electrons. The van der Waals surface area contributed by atoms with Gasteiger partial charge in [0.15, 0.2) is 0 Å². The number of rotatable bonds is 4. The predicted molar refractivity (Wildman–Crippen MR) is 108 cm³/mol. The number of aromatic nitrogens is 2. The van der Waals surface area contributed by atoms with E-state index in [-0.39, 0.29) is 18.2 Å².